The summed E-state index contributed by atoms with van der Waals surface area (Å²) in [4.78, 5) is 15.1. The number of carbonyl (C=O) groups excluding carboxylic acids is 1. The van der Waals surface area contributed by atoms with Gasteiger partial charge in [0.2, 0.25) is 5.91 Å². The zero-order valence-electron chi connectivity index (χ0n) is 8.87. The Labute approximate surface area is 84.3 Å². The van der Waals surface area contributed by atoms with Gasteiger partial charge in [0.25, 0.3) is 0 Å². The van der Waals surface area contributed by atoms with Crippen molar-refractivity contribution in [3.8, 4) is 0 Å². The molecule has 3 heteroatoms. The number of aromatic nitrogens is 1. The van der Waals surface area contributed by atoms with Crippen LogP contribution in [-0.4, -0.2) is 10.9 Å². The van der Waals surface area contributed by atoms with Gasteiger partial charge < -0.3 is 5.73 Å². The Kier molecular flexibility index (Phi) is 2.89. The molecular weight excluding hydrogens is 176 g/mol. The van der Waals surface area contributed by atoms with Gasteiger partial charge in [-0.1, -0.05) is 26.8 Å². The number of rotatable bonds is 2. The van der Waals surface area contributed by atoms with Crippen LogP contribution >= 0.6 is 0 Å². The summed E-state index contributed by atoms with van der Waals surface area (Å²) in [6.45, 7) is 6.26. The molecule has 0 unspecified atom stereocenters. The molecule has 0 spiro atoms. The Morgan fingerprint density at radius 1 is 1.43 bits per heavy atom. The van der Waals surface area contributed by atoms with E-state index in [0.717, 1.165) is 11.4 Å². The van der Waals surface area contributed by atoms with E-state index in [-0.39, 0.29) is 17.7 Å². The third-order valence-corrected chi connectivity index (χ3v) is 1.93. The molecule has 2 N–H and O–H groups in total. The minimum Gasteiger partial charge on any atom is -0.369 e. The highest BCUT2D eigenvalue weighted by Gasteiger charge is 2.15. The van der Waals surface area contributed by atoms with Crippen molar-refractivity contribution in [1.29, 1.82) is 0 Å². The van der Waals surface area contributed by atoms with Crippen molar-refractivity contribution >= 4 is 5.91 Å². The Bertz CT molecular complexity index is 339. The molecule has 1 heterocycles. The molecule has 1 amide bonds. The Morgan fingerprint density at radius 2 is 2.07 bits per heavy atom. The lowest BCUT2D eigenvalue weighted by molar-refractivity contribution is -0.117. The molecule has 3 nitrogen and oxygen atoms in total. The normalized spacial score (nSPS) is 11.4. The van der Waals surface area contributed by atoms with Crippen molar-refractivity contribution in [2.24, 2.45) is 5.73 Å². The molecule has 0 aliphatic rings. The first-order chi connectivity index (χ1) is 6.39. The fraction of sp³-hybridized carbons (Fsp3) is 0.455. The lowest BCUT2D eigenvalue weighted by Crippen LogP contribution is -2.18. The Morgan fingerprint density at radius 3 is 2.57 bits per heavy atom. The lowest BCUT2D eigenvalue weighted by Gasteiger charge is -2.17. The topological polar surface area (TPSA) is 56.0 Å². The molecule has 0 atom stereocenters. The SMILES string of the molecule is CC(C)(C)c1cccc(CC(N)=O)n1. The van der Waals surface area contributed by atoms with Gasteiger partial charge >= 0.3 is 0 Å². The zero-order valence-corrected chi connectivity index (χ0v) is 8.87. The number of amides is 1. The number of nitrogens with zero attached hydrogens (tertiary/aromatic N) is 1. The van der Waals surface area contributed by atoms with Crippen LogP contribution < -0.4 is 5.73 Å². The molecule has 1 aromatic rings. The van der Waals surface area contributed by atoms with Gasteiger partial charge in [0.1, 0.15) is 0 Å². The molecule has 0 saturated carbocycles. The monoisotopic (exact) mass is 192 g/mol. The van der Waals surface area contributed by atoms with Crippen LogP contribution in [0.4, 0.5) is 0 Å². The van der Waals surface area contributed by atoms with Crippen LogP contribution in [-0.2, 0) is 16.6 Å². The summed E-state index contributed by atoms with van der Waals surface area (Å²) < 4.78 is 0. The largest absolute Gasteiger partial charge is 0.369 e. The van der Waals surface area contributed by atoms with Crippen LogP contribution in [0.1, 0.15) is 32.2 Å². The second-order valence-electron chi connectivity index (χ2n) is 4.41. The van der Waals surface area contributed by atoms with E-state index < -0.39 is 0 Å². The van der Waals surface area contributed by atoms with E-state index in [0.29, 0.717) is 0 Å². The first kappa shape index (κ1) is 10.7. The van der Waals surface area contributed by atoms with Crippen molar-refractivity contribution < 1.29 is 4.79 Å². The summed E-state index contributed by atoms with van der Waals surface area (Å²) in [6, 6.07) is 5.69. The Hall–Kier alpha value is -1.38. The van der Waals surface area contributed by atoms with Crippen molar-refractivity contribution in [3.05, 3.63) is 29.6 Å². The molecule has 76 valence electrons. The van der Waals surface area contributed by atoms with Crippen LogP contribution in [0.25, 0.3) is 0 Å². The number of nitrogens with two attached hydrogens (primary N) is 1. The summed E-state index contributed by atoms with van der Waals surface area (Å²) in [5, 5.41) is 0. The fourth-order valence-corrected chi connectivity index (χ4v) is 1.17. The zero-order chi connectivity index (χ0) is 10.8. The summed E-state index contributed by atoms with van der Waals surface area (Å²) in [5.74, 6) is -0.344. The van der Waals surface area contributed by atoms with Crippen LogP contribution in [0, 0.1) is 0 Å². The summed E-state index contributed by atoms with van der Waals surface area (Å²) in [5.41, 5.74) is 6.84. The van der Waals surface area contributed by atoms with E-state index in [2.05, 4.69) is 25.8 Å². The molecule has 0 bridgehead atoms. The maximum absolute atomic E-state index is 10.7. The van der Waals surface area contributed by atoms with Gasteiger partial charge in [-0.25, -0.2) is 0 Å². The molecule has 0 radical (unpaired) electrons. The van der Waals surface area contributed by atoms with Crippen molar-refractivity contribution in [1.82, 2.24) is 4.98 Å². The average Bonchev–Trinajstić information content (AvgIpc) is 2.01. The molecule has 0 saturated heterocycles. The summed E-state index contributed by atoms with van der Waals surface area (Å²) >= 11 is 0. The summed E-state index contributed by atoms with van der Waals surface area (Å²) in [7, 11) is 0. The Balaban J connectivity index is 2.95. The molecule has 14 heavy (non-hydrogen) atoms. The van der Waals surface area contributed by atoms with E-state index in [1.807, 2.05) is 18.2 Å². The minimum atomic E-state index is -0.344. The predicted octanol–water partition coefficient (Wildman–Crippen LogP) is 1.41. The smallest absolute Gasteiger partial charge is 0.223 e. The molecular formula is C11H16N2O. The number of carbonyl (C=O) groups is 1. The molecule has 0 aliphatic carbocycles. The first-order valence-corrected chi connectivity index (χ1v) is 4.64. The van der Waals surface area contributed by atoms with Crippen LogP contribution in [0.3, 0.4) is 0 Å². The van der Waals surface area contributed by atoms with Crippen molar-refractivity contribution in [2.45, 2.75) is 32.6 Å². The van der Waals surface area contributed by atoms with Crippen molar-refractivity contribution in [3.63, 3.8) is 0 Å². The van der Waals surface area contributed by atoms with Gasteiger partial charge in [-0.05, 0) is 12.1 Å². The predicted molar refractivity (Wildman–Crippen MR) is 55.8 cm³/mol. The number of pyridine rings is 1. The molecule has 0 aliphatic heterocycles. The lowest BCUT2D eigenvalue weighted by atomic mass is 9.91. The van der Waals surface area contributed by atoms with Crippen LogP contribution in [0.15, 0.2) is 18.2 Å². The minimum absolute atomic E-state index is 0.00760. The number of primary amides is 1. The molecule has 1 rings (SSSR count). The fourth-order valence-electron chi connectivity index (χ4n) is 1.17. The van der Waals surface area contributed by atoms with Gasteiger partial charge in [0, 0.05) is 16.8 Å². The quantitative estimate of drug-likeness (QED) is 0.770. The van der Waals surface area contributed by atoms with Crippen molar-refractivity contribution in [2.75, 3.05) is 0 Å². The van der Waals surface area contributed by atoms with Gasteiger partial charge in [0.05, 0.1) is 6.42 Å². The van der Waals surface area contributed by atoms with Gasteiger partial charge in [-0.3, -0.25) is 9.78 Å². The van der Waals surface area contributed by atoms with Crippen LogP contribution in [0.5, 0.6) is 0 Å². The third-order valence-electron chi connectivity index (χ3n) is 1.93. The van der Waals surface area contributed by atoms with E-state index in [9.17, 15) is 4.79 Å². The highest BCUT2D eigenvalue weighted by molar-refractivity contribution is 5.76. The van der Waals surface area contributed by atoms with Gasteiger partial charge in [0.15, 0.2) is 0 Å². The highest BCUT2D eigenvalue weighted by Crippen LogP contribution is 2.19. The molecule has 1 aromatic heterocycles. The molecule has 0 aromatic carbocycles. The van der Waals surface area contributed by atoms with E-state index in [1.54, 1.807) is 0 Å². The van der Waals surface area contributed by atoms with Gasteiger partial charge in [-0.15, -0.1) is 0 Å². The maximum atomic E-state index is 10.7. The second-order valence-corrected chi connectivity index (χ2v) is 4.41. The third kappa shape index (κ3) is 2.83. The average molecular weight is 192 g/mol. The maximum Gasteiger partial charge on any atom is 0.223 e. The first-order valence-electron chi connectivity index (χ1n) is 4.64. The number of hydrogen-bond donors (Lipinski definition) is 1. The van der Waals surface area contributed by atoms with Gasteiger partial charge in [-0.2, -0.15) is 0 Å². The highest BCUT2D eigenvalue weighted by atomic mass is 16.1. The number of hydrogen-bond acceptors (Lipinski definition) is 2. The second kappa shape index (κ2) is 3.78. The van der Waals surface area contributed by atoms with E-state index in [4.69, 9.17) is 5.73 Å². The van der Waals surface area contributed by atoms with E-state index >= 15 is 0 Å². The van der Waals surface area contributed by atoms with E-state index in [1.165, 1.54) is 0 Å². The molecule has 0 fully saturated rings. The standard InChI is InChI=1S/C11H16N2O/c1-11(2,3)9-6-4-5-8(13-9)7-10(12)14/h4-6H,7H2,1-3H3,(H2,12,14). The summed E-state index contributed by atoms with van der Waals surface area (Å²) in [6.07, 6.45) is 0.212. The van der Waals surface area contributed by atoms with Crippen LogP contribution in [0.2, 0.25) is 0 Å².